The summed E-state index contributed by atoms with van der Waals surface area (Å²) < 4.78 is 1.01. The fourth-order valence-corrected chi connectivity index (χ4v) is 3.93. The van der Waals surface area contributed by atoms with Crippen molar-refractivity contribution in [2.24, 2.45) is 0 Å². The average Bonchev–Trinajstić information content (AvgIpc) is 3.16. The second-order valence-corrected chi connectivity index (χ2v) is 7.72. The fraction of sp³-hybridized carbons (Fsp3) is 0. The number of thiophene rings is 1. The highest BCUT2D eigenvalue weighted by molar-refractivity contribution is 9.11. The lowest BCUT2D eigenvalue weighted by Gasteiger charge is -2.01. The number of halogens is 1. The first-order chi connectivity index (χ1) is 11.0. The Balaban J connectivity index is 1.73. The number of benzene rings is 1. The van der Waals surface area contributed by atoms with Gasteiger partial charge in [-0.2, -0.15) is 0 Å². The number of amides is 1. The molecule has 1 N–H and O–H groups in total. The van der Waals surface area contributed by atoms with Gasteiger partial charge in [-0.3, -0.25) is 20.2 Å². The molecule has 0 atom stereocenters. The van der Waals surface area contributed by atoms with Gasteiger partial charge in [0.15, 0.2) is 5.13 Å². The summed E-state index contributed by atoms with van der Waals surface area (Å²) in [5, 5.41) is 15.6. The third-order valence-electron chi connectivity index (χ3n) is 2.89. The van der Waals surface area contributed by atoms with Crippen LogP contribution in [-0.4, -0.2) is 15.8 Å². The van der Waals surface area contributed by atoms with Gasteiger partial charge in [-0.15, -0.1) is 22.7 Å². The molecule has 1 amide bonds. The summed E-state index contributed by atoms with van der Waals surface area (Å²) >= 11 is 6.28. The Hall–Kier alpha value is -2.10. The van der Waals surface area contributed by atoms with Crippen LogP contribution in [0.15, 0.2) is 45.6 Å². The van der Waals surface area contributed by atoms with Crippen molar-refractivity contribution in [1.82, 2.24) is 4.98 Å². The normalized spacial score (nSPS) is 10.5. The third kappa shape index (κ3) is 3.63. The molecule has 0 saturated heterocycles. The smallest absolute Gasteiger partial charge is 0.269 e. The maximum absolute atomic E-state index is 12.1. The number of nitro benzene ring substituents is 1. The van der Waals surface area contributed by atoms with Crippen molar-refractivity contribution in [2.75, 3.05) is 5.32 Å². The second kappa shape index (κ2) is 6.57. The zero-order valence-electron chi connectivity index (χ0n) is 11.4. The molecule has 9 heteroatoms. The van der Waals surface area contributed by atoms with Crippen molar-refractivity contribution >= 4 is 55.3 Å². The number of nitrogens with zero attached hydrogens (tertiary/aromatic N) is 2. The lowest BCUT2D eigenvalue weighted by Crippen LogP contribution is -2.11. The highest BCUT2D eigenvalue weighted by atomic mass is 79.9. The van der Waals surface area contributed by atoms with Crippen molar-refractivity contribution in [3.63, 3.8) is 0 Å². The second-order valence-electron chi connectivity index (χ2n) is 4.40. The quantitative estimate of drug-likeness (QED) is 0.495. The van der Waals surface area contributed by atoms with Crippen LogP contribution >= 0.6 is 38.6 Å². The number of thiazole rings is 1. The molecule has 0 aliphatic heterocycles. The lowest BCUT2D eigenvalue weighted by molar-refractivity contribution is -0.384. The molecule has 6 nitrogen and oxygen atoms in total. The standard InChI is InChI=1S/C14H8BrN3O3S2/c15-12-6-5-11(23-12)10-7-22-14(16-10)17-13(19)8-1-3-9(4-2-8)18(20)21/h1-7H,(H,16,17,19). The number of carbonyl (C=O) groups excluding carboxylic acids is 1. The van der Waals surface area contributed by atoms with Gasteiger partial charge in [-0.05, 0) is 40.2 Å². The topological polar surface area (TPSA) is 85.1 Å². The summed E-state index contributed by atoms with van der Waals surface area (Å²) in [6.45, 7) is 0. The number of nitrogens with one attached hydrogen (secondary N) is 1. The zero-order valence-corrected chi connectivity index (χ0v) is 14.6. The molecule has 0 unspecified atom stereocenters. The Morgan fingerprint density at radius 3 is 2.57 bits per heavy atom. The van der Waals surface area contributed by atoms with E-state index in [0.29, 0.717) is 10.7 Å². The Bertz CT molecular complexity index is 874. The van der Waals surface area contributed by atoms with Crippen molar-refractivity contribution in [3.05, 3.63) is 61.2 Å². The summed E-state index contributed by atoms with van der Waals surface area (Å²) in [6.07, 6.45) is 0. The predicted octanol–water partition coefficient (Wildman–Crippen LogP) is 4.79. The van der Waals surface area contributed by atoms with E-state index >= 15 is 0 Å². The van der Waals surface area contributed by atoms with Crippen molar-refractivity contribution in [3.8, 4) is 10.6 Å². The molecule has 2 heterocycles. The van der Waals surface area contributed by atoms with Crippen molar-refractivity contribution in [1.29, 1.82) is 0 Å². The van der Waals surface area contributed by atoms with Gasteiger partial charge in [0.05, 0.1) is 19.3 Å². The number of hydrogen-bond acceptors (Lipinski definition) is 6. The van der Waals surface area contributed by atoms with Crippen LogP contribution in [0.1, 0.15) is 10.4 Å². The van der Waals surface area contributed by atoms with Gasteiger partial charge >= 0.3 is 0 Å². The first-order valence-corrected chi connectivity index (χ1v) is 8.79. The monoisotopic (exact) mass is 409 g/mol. The number of rotatable bonds is 4. The van der Waals surface area contributed by atoms with Crippen molar-refractivity contribution in [2.45, 2.75) is 0 Å². The first-order valence-electron chi connectivity index (χ1n) is 6.30. The van der Waals surface area contributed by atoms with Gasteiger partial charge in [0.25, 0.3) is 11.6 Å². The Labute approximate surface area is 147 Å². The molecule has 0 saturated carbocycles. The van der Waals surface area contributed by atoms with E-state index in [2.05, 4.69) is 26.2 Å². The van der Waals surface area contributed by atoms with E-state index < -0.39 is 4.92 Å². The third-order valence-corrected chi connectivity index (χ3v) is 5.29. The molecular formula is C14H8BrN3O3S2. The highest BCUT2D eigenvalue weighted by Crippen LogP contribution is 2.33. The van der Waals surface area contributed by atoms with E-state index in [0.717, 1.165) is 14.4 Å². The lowest BCUT2D eigenvalue weighted by atomic mass is 10.2. The molecule has 0 fully saturated rings. The molecule has 0 spiro atoms. The number of non-ortho nitro benzene ring substituents is 1. The minimum Gasteiger partial charge on any atom is -0.298 e. The Morgan fingerprint density at radius 2 is 1.96 bits per heavy atom. The maximum Gasteiger partial charge on any atom is 0.269 e. The zero-order chi connectivity index (χ0) is 16.4. The Morgan fingerprint density at radius 1 is 1.22 bits per heavy atom. The fourth-order valence-electron chi connectivity index (χ4n) is 1.80. The molecule has 116 valence electrons. The first kappa shape index (κ1) is 15.8. The van der Waals surface area contributed by atoms with Crippen LogP contribution in [0.3, 0.4) is 0 Å². The van der Waals surface area contributed by atoms with Gasteiger partial charge in [-0.25, -0.2) is 4.98 Å². The molecule has 0 aliphatic carbocycles. The molecular weight excluding hydrogens is 402 g/mol. The summed E-state index contributed by atoms with van der Waals surface area (Å²) in [5.74, 6) is -0.354. The number of carbonyl (C=O) groups is 1. The number of anilines is 1. The number of nitro groups is 1. The van der Waals surface area contributed by atoms with E-state index in [9.17, 15) is 14.9 Å². The largest absolute Gasteiger partial charge is 0.298 e. The highest BCUT2D eigenvalue weighted by Gasteiger charge is 2.12. The SMILES string of the molecule is O=C(Nc1nc(-c2ccc(Br)s2)cs1)c1ccc([N+](=O)[O-])cc1. The van der Waals surface area contributed by atoms with Crippen LogP contribution < -0.4 is 5.32 Å². The average molecular weight is 410 g/mol. The molecule has 3 rings (SSSR count). The predicted molar refractivity (Wildman–Crippen MR) is 94.2 cm³/mol. The molecule has 3 aromatic rings. The Kier molecular flexibility index (Phi) is 4.51. The number of aromatic nitrogens is 1. The number of hydrogen-bond donors (Lipinski definition) is 1. The van der Waals surface area contributed by atoms with E-state index in [1.807, 2.05) is 17.5 Å². The summed E-state index contributed by atoms with van der Waals surface area (Å²) in [7, 11) is 0. The van der Waals surface area contributed by atoms with E-state index in [-0.39, 0.29) is 11.6 Å². The van der Waals surface area contributed by atoms with Crippen LogP contribution in [0.25, 0.3) is 10.6 Å². The van der Waals surface area contributed by atoms with Crippen LogP contribution in [0.5, 0.6) is 0 Å². The van der Waals surface area contributed by atoms with E-state index in [4.69, 9.17) is 0 Å². The van der Waals surface area contributed by atoms with Crippen LogP contribution in [0, 0.1) is 10.1 Å². The summed E-state index contributed by atoms with van der Waals surface area (Å²) in [5.41, 5.74) is 1.08. The van der Waals surface area contributed by atoms with Crippen LogP contribution in [0.4, 0.5) is 10.8 Å². The molecule has 0 radical (unpaired) electrons. The summed E-state index contributed by atoms with van der Waals surface area (Å²) in [6, 6.07) is 9.31. The molecule has 1 aromatic carbocycles. The minimum absolute atomic E-state index is 0.0543. The minimum atomic E-state index is -0.506. The van der Waals surface area contributed by atoms with Crippen LogP contribution in [0.2, 0.25) is 0 Å². The molecule has 0 aliphatic rings. The molecule has 23 heavy (non-hydrogen) atoms. The van der Waals surface area contributed by atoms with E-state index in [1.165, 1.54) is 35.6 Å². The van der Waals surface area contributed by atoms with Gasteiger partial charge in [-0.1, -0.05) is 0 Å². The molecule has 2 aromatic heterocycles. The van der Waals surface area contributed by atoms with E-state index in [1.54, 1.807) is 11.3 Å². The van der Waals surface area contributed by atoms with Gasteiger partial charge in [0.2, 0.25) is 0 Å². The van der Waals surface area contributed by atoms with Gasteiger partial charge in [0, 0.05) is 23.1 Å². The van der Waals surface area contributed by atoms with Gasteiger partial charge in [0.1, 0.15) is 0 Å². The summed E-state index contributed by atoms with van der Waals surface area (Å²) in [4.78, 5) is 27.6. The van der Waals surface area contributed by atoms with Crippen molar-refractivity contribution < 1.29 is 9.72 Å². The molecule has 0 bridgehead atoms. The maximum atomic E-state index is 12.1. The van der Waals surface area contributed by atoms with Gasteiger partial charge < -0.3 is 0 Å². The van der Waals surface area contributed by atoms with Crippen LogP contribution in [-0.2, 0) is 0 Å².